The number of anilines is 1. The number of carbonyl (C=O) groups is 1. The summed E-state index contributed by atoms with van der Waals surface area (Å²) in [5.74, 6) is 0.574. The van der Waals surface area contributed by atoms with E-state index in [1.165, 1.54) is 6.07 Å². The highest BCUT2D eigenvalue weighted by molar-refractivity contribution is 5.62. The van der Waals surface area contributed by atoms with Gasteiger partial charge in [0.05, 0.1) is 5.92 Å². The van der Waals surface area contributed by atoms with Gasteiger partial charge in [-0.05, 0) is 60.9 Å². The lowest BCUT2D eigenvalue weighted by atomic mass is 9.95. The largest absolute Gasteiger partial charge is 0.353 e. The average Bonchev–Trinajstić information content (AvgIpc) is 3.68. The summed E-state index contributed by atoms with van der Waals surface area (Å²) in [6, 6.07) is 11.0. The van der Waals surface area contributed by atoms with Crippen molar-refractivity contribution in [2.45, 2.75) is 43.6 Å². The lowest BCUT2D eigenvalue weighted by Gasteiger charge is -2.21. The Morgan fingerprint density at radius 3 is 2.73 bits per heavy atom. The second-order valence-corrected chi connectivity index (χ2v) is 8.89. The molecule has 3 fully saturated rings. The van der Waals surface area contributed by atoms with E-state index in [1.807, 2.05) is 24.3 Å². The molecule has 7 heteroatoms. The molecule has 0 radical (unpaired) electrons. The zero-order chi connectivity index (χ0) is 20.7. The van der Waals surface area contributed by atoms with Crippen molar-refractivity contribution < 1.29 is 9.18 Å². The number of halogens is 1. The Balaban J connectivity index is 1.25. The van der Waals surface area contributed by atoms with Crippen LogP contribution in [-0.4, -0.2) is 42.2 Å². The van der Waals surface area contributed by atoms with E-state index in [2.05, 4.69) is 20.4 Å². The average molecular weight is 405 g/mol. The van der Waals surface area contributed by atoms with Crippen molar-refractivity contribution in [3.8, 4) is 6.07 Å². The number of nitrogens with zero attached hydrogens (tertiary/aromatic N) is 4. The van der Waals surface area contributed by atoms with Gasteiger partial charge in [0.1, 0.15) is 18.2 Å². The van der Waals surface area contributed by atoms with Crippen molar-refractivity contribution >= 4 is 12.1 Å². The van der Waals surface area contributed by atoms with Crippen molar-refractivity contribution in [2.75, 3.05) is 24.5 Å². The van der Waals surface area contributed by atoms with Gasteiger partial charge in [-0.1, -0.05) is 12.1 Å². The predicted molar refractivity (Wildman–Crippen MR) is 110 cm³/mol. The van der Waals surface area contributed by atoms with Crippen LogP contribution in [0, 0.1) is 22.6 Å². The van der Waals surface area contributed by atoms with Crippen molar-refractivity contribution in [3.05, 3.63) is 53.0 Å². The summed E-state index contributed by atoms with van der Waals surface area (Å²) in [6.07, 6.45) is 5.30. The Bertz CT molecular complexity index is 994. The Hall–Kier alpha value is -2.85. The number of carbonyl (C=O) groups excluding carboxylic acids is 1. The summed E-state index contributed by atoms with van der Waals surface area (Å²) < 4.78 is 14.4. The Morgan fingerprint density at radius 2 is 2.13 bits per heavy atom. The standard InChI is InChI=1S/C23H24FN5O/c24-20-9-16(3-5-19(20)15-1-2-15)17(13-30)11-26-21-12-29(14-23(21)7-8-23)22-6-4-18(10-25)27-28-22/h3-6,9,13,15,17,21,26H,1-2,7-8,11-12,14H2/t17?,21-/m1/s1. The molecule has 2 atom stereocenters. The van der Waals surface area contributed by atoms with E-state index >= 15 is 0 Å². The van der Waals surface area contributed by atoms with E-state index in [0.29, 0.717) is 18.2 Å². The van der Waals surface area contributed by atoms with E-state index in [9.17, 15) is 9.18 Å². The fourth-order valence-electron chi connectivity index (χ4n) is 4.66. The number of aromatic nitrogens is 2. The van der Waals surface area contributed by atoms with Gasteiger partial charge in [0.2, 0.25) is 0 Å². The first kappa shape index (κ1) is 19.1. The zero-order valence-electron chi connectivity index (χ0n) is 16.7. The molecule has 154 valence electrons. The molecule has 6 nitrogen and oxygen atoms in total. The van der Waals surface area contributed by atoms with Gasteiger partial charge in [0.15, 0.2) is 11.5 Å². The number of hydrogen-bond donors (Lipinski definition) is 1. The number of hydrogen-bond acceptors (Lipinski definition) is 6. The van der Waals surface area contributed by atoms with Gasteiger partial charge in [-0.3, -0.25) is 0 Å². The molecule has 2 saturated carbocycles. The van der Waals surface area contributed by atoms with E-state index < -0.39 is 0 Å². The Morgan fingerprint density at radius 1 is 1.30 bits per heavy atom. The molecule has 1 aromatic carbocycles. The highest BCUT2D eigenvalue weighted by Crippen LogP contribution is 2.53. The van der Waals surface area contributed by atoms with E-state index in [-0.39, 0.29) is 23.2 Å². The van der Waals surface area contributed by atoms with E-state index in [4.69, 9.17) is 5.26 Å². The highest BCUT2D eigenvalue weighted by atomic mass is 19.1. The van der Waals surface area contributed by atoms with Gasteiger partial charge in [-0.15, -0.1) is 10.2 Å². The minimum absolute atomic E-state index is 0.188. The van der Waals surface area contributed by atoms with Crippen LogP contribution in [-0.2, 0) is 4.79 Å². The molecule has 3 aliphatic rings. The summed E-state index contributed by atoms with van der Waals surface area (Å²) in [5.41, 5.74) is 2.02. The summed E-state index contributed by atoms with van der Waals surface area (Å²) in [4.78, 5) is 14.0. The number of aldehydes is 1. The second kappa shape index (κ2) is 7.44. The molecule has 1 aromatic heterocycles. The second-order valence-electron chi connectivity index (χ2n) is 8.89. The van der Waals surface area contributed by atoms with Crippen molar-refractivity contribution in [1.82, 2.24) is 15.5 Å². The number of rotatable bonds is 7. The molecule has 0 amide bonds. The third-order valence-corrected chi connectivity index (χ3v) is 6.85. The maximum Gasteiger partial charge on any atom is 0.163 e. The number of benzene rings is 1. The molecule has 2 heterocycles. The zero-order valence-corrected chi connectivity index (χ0v) is 16.7. The molecule has 2 aliphatic carbocycles. The molecule has 1 unspecified atom stereocenters. The normalized spacial score (nSPS) is 22.7. The summed E-state index contributed by atoms with van der Waals surface area (Å²) in [6.45, 7) is 2.16. The van der Waals surface area contributed by atoms with Crippen molar-refractivity contribution in [2.24, 2.45) is 5.41 Å². The van der Waals surface area contributed by atoms with Gasteiger partial charge in [-0.25, -0.2) is 4.39 Å². The van der Waals surface area contributed by atoms with Gasteiger partial charge in [0, 0.05) is 31.1 Å². The molecule has 1 spiro atoms. The lowest BCUT2D eigenvalue weighted by Crippen LogP contribution is -2.40. The van der Waals surface area contributed by atoms with Gasteiger partial charge in [0.25, 0.3) is 0 Å². The Kier molecular flexibility index (Phi) is 4.75. The minimum atomic E-state index is -0.368. The smallest absolute Gasteiger partial charge is 0.163 e. The highest BCUT2D eigenvalue weighted by Gasteiger charge is 2.55. The molecule has 1 aliphatic heterocycles. The first-order valence-corrected chi connectivity index (χ1v) is 10.6. The van der Waals surface area contributed by atoms with Crippen LogP contribution in [0.25, 0.3) is 0 Å². The van der Waals surface area contributed by atoms with Gasteiger partial charge >= 0.3 is 0 Å². The number of nitrogens with one attached hydrogen (secondary N) is 1. The monoisotopic (exact) mass is 405 g/mol. The summed E-state index contributed by atoms with van der Waals surface area (Å²) in [7, 11) is 0. The molecule has 2 aromatic rings. The van der Waals surface area contributed by atoms with Crippen LogP contribution in [0.5, 0.6) is 0 Å². The van der Waals surface area contributed by atoms with E-state index in [1.54, 1.807) is 6.07 Å². The molecular weight excluding hydrogens is 381 g/mol. The fraction of sp³-hybridized carbons (Fsp3) is 0.478. The summed E-state index contributed by atoms with van der Waals surface area (Å²) >= 11 is 0. The SMILES string of the molecule is N#Cc1ccc(N2C[C@@H](NCC(C=O)c3ccc(C4CC4)c(F)c3)C3(CC3)C2)nn1. The topological polar surface area (TPSA) is 81.9 Å². The Labute approximate surface area is 175 Å². The first-order chi connectivity index (χ1) is 14.6. The summed E-state index contributed by atoms with van der Waals surface area (Å²) in [5, 5.41) is 20.6. The van der Waals surface area contributed by atoms with Crippen molar-refractivity contribution in [1.29, 1.82) is 5.26 Å². The third-order valence-electron chi connectivity index (χ3n) is 6.85. The quantitative estimate of drug-likeness (QED) is 0.714. The van der Waals surface area contributed by atoms with Crippen LogP contribution in [0.2, 0.25) is 0 Å². The first-order valence-electron chi connectivity index (χ1n) is 10.6. The molecule has 30 heavy (non-hydrogen) atoms. The van der Waals surface area contributed by atoms with Gasteiger partial charge < -0.3 is 15.0 Å². The maximum absolute atomic E-state index is 14.4. The fourth-order valence-corrected chi connectivity index (χ4v) is 4.66. The molecule has 1 N–H and O–H groups in total. The van der Waals surface area contributed by atoms with Crippen LogP contribution >= 0.6 is 0 Å². The van der Waals surface area contributed by atoms with Crippen LogP contribution in [0.15, 0.2) is 30.3 Å². The molecule has 0 bridgehead atoms. The van der Waals surface area contributed by atoms with Crippen molar-refractivity contribution in [3.63, 3.8) is 0 Å². The molecule has 1 saturated heterocycles. The minimum Gasteiger partial charge on any atom is -0.353 e. The molecular formula is C23H24FN5O. The third kappa shape index (κ3) is 3.56. The van der Waals surface area contributed by atoms with Crippen LogP contribution < -0.4 is 10.2 Å². The predicted octanol–water partition coefficient (Wildman–Crippen LogP) is 2.91. The van der Waals surface area contributed by atoms with Crippen LogP contribution in [0.4, 0.5) is 10.2 Å². The van der Waals surface area contributed by atoms with Crippen LogP contribution in [0.1, 0.15) is 54.3 Å². The molecule has 5 rings (SSSR count). The van der Waals surface area contributed by atoms with Crippen LogP contribution in [0.3, 0.4) is 0 Å². The van der Waals surface area contributed by atoms with Gasteiger partial charge in [-0.2, -0.15) is 5.26 Å². The number of nitriles is 1. The maximum atomic E-state index is 14.4. The lowest BCUT2D eigenvalue weighted by molar-refractivity contribution is -0.109. The van der Waals surface area contributed by atoms with E-state index in [0.717, 1.165) is 62.0 Å².